The molecule has 31 heavy (non-hydrogen) atoms. The number of esters is 1. The summed E-state index contributed by atoms with van der Waals surface area (Å²) < 4.78 is 33.5. The average Bonchev–Trinajstić information content (AvgIpc) is 3.15. The maximum Gasteiger partial charge on any atom is 0.305 e. The van der Waals surface area contributed by atoms with Gasteiger partial charge in [0.05, 0.1) is 18.0 Å². The maximum atomic E-state index is 13.0. The summed E-state index contributed by atoms with van der Waals surface area (Å²) in [6, 6.07) is 9.90. The van der Waals surface area contributed by atoms with Crippen LogP contribution in [0.15, 0.2) is 41.3 Å². The minimum absolute atomic E-state index is 0.189. The van der Waals surface area contributed by atoms with Gasteiger partial charge in [0.2, 0.25) is 10.0 Å². The van der Waals surface area contributed by atoms with Crippen LogP contribution in [0.3, 0.4) is 0 Å². The molecule has 1 aromatic heterocycles. The van der Waals surface area contributed by atoms with Gasteiger partial charge >= 0.3 is 5.97 Å². The van der Waals surface area contributed by atoms with E-state index in [0.717, 1.165) is 29.0 Å². The first-order valence-corrected chi connectivity index (χ1v) is 13.1. The molecular formula is C23H32ClNO4S2. The van der Waals surface area contributed by atoms with Crippen LogP contribution in [0.25, 0.3) is 0 Å². The third kappa shape index (κ3) is 8.93. The molecule has 0 aliphatic carbocycles. The molecular weight excluding hydrogens is 454 g/mol. The fourth-order valence-corrected chi connectivity index (χ4v) is 5.78. The Morgan fingerprint density at radius 1 is 1.13 bits per heavy atom. The highest BCUT2D eigenvalue weighted by atomic mass is 35.5. The van der Waals surface area contributed by atoms with Crippen LogP contribution in [-0.2, 0) is 26.0 Å². The molecule has 5 nitrogen and oxygen atoms in total. The van der Waals surface area contributed by atoms with Gasteiger partial charge in [0.1, 0.15) is 0 Å². The molecule has 0 aliphatic rings. The largest absolute Gasteiger partial charge is 0.469 e. The molecule has 1 atom stereocenters. The van der Waals surface area contributed by atoms with Crippen molar-refractivity contribution in [3.8, 4) is 0 Å². The first-order chi connectivity index (χ1) is 14.5. The summed E-state index contributed by atoms with van der Waals surface area (Å²) in [5.74, 6) is -0.215. The summed E-state index contributed by atoms with van der Waals surface area (Å²) >= 11 is 7.50. The fraction of sp³-hybridized carbons (Fsp3) is 0.522. The van der Waals surface area contributed by atoms with E-state index < -0.39 is 10.0 Å². The monoisotopic (exact) mass is 485 g/mol. The van der Waals surface area contributed by atoms with Gasteiger partial charge in [-0.2, -0.15) is 0 Å². The van der Waals surface area contributed by atoms with Crippen molar-refractivity contribution in [1.82, 2.24) is 4.72 Å². The molecule has 2 rings (SSSR count). The van der Waals surface area contributed by atoms with Crippen molar-refractivity contribution >= 4 is 38.9 Å². The molecule has 0 radical (unpaired) electrons. The number of methoxy groups -OCH3 is 1. The van der Waals surface area contributed by atoms with Crippen molar-refractivity contribution < 1.29 is 17.9 Å². The number of nitrogens with one attached hydrogen (secondary N) is 1. The summed E-state index contributed by atoms with van der Waals surface area (Å²) in [6.07, 6.45) is 4.47. The molecule has 0 saturated carbocycles. The van der Waals surface area contributed by atoms with Gasteiger partial charge < -0.3 is 4.74 Å². The number of halogens is 1. The van der Waals surface area contributed by atoms with Crippen molar-refractivity contribution in [3.05, 3.63) is 51.2 Å². The van der Waals surface area contributed by atoms with Crippen molar-refractivity contribution in [2.45, 2.75) is 70.2 Å². The van der Waals surface area contributed by atoms with Crippen LogP contribution in [0.5, 0.6) is 0 Å². The second-order valence-electron chi connectivity index (χ2n) is 8.81. The number of thiophene rings is 1. The molecule has 1 heterocycles. The van der Waals surface area contributed by atoms with Gasteiger partial charge in [-0.15, -0.1) is 11.3 Å². The number of aryl methyl sites for hydroxylation is 1. The molecule has 0 saturated heterocycles. The van der Waals surface area contributed by atoms with Gasteiger partial charge in [0, 0.05) is 21.2 Å². The van der Waals surface area contributed by atoms with E-state index in [1.54, 1.807) is 23.5 Å². The second kappa shape index (κ2) is 11.5. The zero-order valence-corrected chi connectivity index (χ0v) is 21.0. The van der Waals surface area contributed by atoms with E-state index in [1.165, 1.54) is 19.2 Å². The average molecular weight is 486 g/mol. The zero-order valence-electron chi connectivity index (χ0n) is 18.6. The smallest absolute Gasteiger partial charge is 0.305 e. The summed E-state index contributed by atoms with van der Waals surface area (Å²) in [7, 11) is -2.29. The Labute approximate surface area is 195 Å². The van der Waals surface area contributed by atoms with Gasteiger partial charge in [-0.3, -0.25) is 4.79 Å². The minimum Gasteiger partial charge on any atom is -0.469 e. The lowest BCUT2D eigenvalue weighted by Gasteiger charge is -2.21. The quantitative estimate of drug-likeness (QED) is 0.388. The topological polar surface area (TPSA) is 72.5 Å². The van der Waals surface area contributed by atoms with E-state index >= 15 is 0 Å². The van der Waals surface area contributed by atoms with Gasteiger partial charge in [0.15, 0.2) is 0 Å². The molecule has 0 aliphatic heterocycles. The Bertz CT molecular complexity index is 947. The number of benzene rings is 1. The van der Waals surface area contributed by atoms with Crippen LogP contribution >= 0.6 is 22.9 Å². The molecule has 0 bridgehead atoms. The van der Waals surface area contributed by atoms with E-state index in [4.69, 9.17) is 11.6 Å². The third-order valence-corrected chi connectivity index (χ3v) is 7.90. The van der Waals surface area contributed by atoms with Crippen LogP contribution in [0.1, 0.15) is 68.7 Å². The predicted octanol–water partition coefficient (Wildman–Crippen LogP) is 6.13. The number of ether oxygens (including phenoxy) is 1. The Balaban J connectivity index is 2.14. The fourth-order valence-electron chi connectivity index (χ4n) is 3.19. The van der Waals surface area contributed by atoms with Crippen LogP contribution < -0.4 is 4.72 Å². The lowest BCUT2D eigenvalue weighted by Crippen LogP contribution is -2.28. The molecule has 1 N–H and O–H groups in total. The molecule has 172 valence electrons. The number of hydrogen-bond donors (Lipinski definition) is 1. The lowest BCUT2D eigenvalue weighted by molar-refractivity contribution is -0.140. The third-order valence-electron chi connectivity index (χ3n) is 4.90. The van der Waals surface area contributed by atoms with E-state index in [9.17, 15) is 13.2 Å². The van der Waals surface area contributed by atoms with Crippen LogP contribution in [0.4, 0.5) is 0 Å². The van der Waals surface area contributed by atoms with Crippen LogP contribution in [0.2, 0.25) is 5.02 Å². The van der Waals surface area contributed by atoms with Crippen LogP contribution in [-0.4, -0.2) is 21.5 Å². The summed E-state index contributed by atoms with van der Waals surface area (Å²) in [5.41, 5.74) is 0.189. The van der Waals surface area contributed by atoms with Crippen molar-refractivity contribution in [2.24, 2.45) is 5.41 Å². The standard InChI is InChI=1S/C23H32ClNO4S2/c1-23(2,3)16-6-8-20(25-31(27,28)19-13-10-17(24)11-14-19)21-15-12-18(30-21)7-5-9-22(26)29-4/h10-15,20,25H,5-9,16H2,1-4H3. The van der Waals surface area contributed by atoms with Gasteiger partial charge in [-0.05, 0) is 67.5 Å². The Hall–Kier alpha value is -1.41. The zero-order chi connectivity index (χ0) is 23.1. The molecule has 0 fully saturated rings. The highest BCUT2D eigenvalue weighted by Crippen LogP contribution is 2.32. The minimum atomic E-state index is -3.68. The van der Waals surface area contributed by atoms with Gasteiger partial charge in [0.25, 0.3) is 0 Å². The normalized spacial score (nSPS) is 13.2. The predicted molar refractivity (Wildman–Crippen MR) is 127 cm³/mol. The van der Waals surface area contributed by atoms with Crippen molar-refractivity contribution in [2.75, 3.05) is 7.11 Å². The number of sulfonamides is 1. The summed E-state index contributed by atoms with van der Waals surface area (Å²) in [6.45, 7) is 6.55. The lowest BCUT2D eigenvalue weighted by atomic mass is 9.89. The van der Waals surface area contributed by atoms with E-state index in [1.807, 2.05) is 12.1 Å². The number of rotatable bonds is 11. The summed E-state index contributed by atoms with van der Waals surface area (Å²) in [5, 5.41) is 0.496. The SMILES string of the molecule is COC(=O)CCCc1ccc(C(CCCC(C)(C)C)NS(=O)(=O)c2ccc(Cl)cc2)s1. The van der Waals surface area contributed by atoms with Gasteiger partial charge in [-0.1, -0.05) is 38.8 Å². The Morgan fingerprint density at radius 3 is 2.42 bits per heavy atom. The highest BCUT2D eigenvalue weighted by Gasteiger charge is 2.23. The van der Waals surface area contributed by atoms with Crippen molar-refractivity contribution in [3.63, 3.8) is 0 Å². The van der Waals surface area contributed by atoms with Crippen LogP contribution in [0, 0.1) is 5.41 Å². The highest BCUT2D eigenvalue weighted by molar-refractivity contribution is 7.89. The van der Waals surface area contributed by atoms with E-state index in [2.05, 4.69) is 30.2 Å². The second-order valence-corrected chi connectivity index (χ2v) is 12.2. The molecule has 8 heteroatoms. The maximum absolute atomic E-state index is 13.0. The molecule has 2 aromatic rings. The number of hydrogen-bond acceptors (Lipinski definition) is 5. The first kappa shape index (κ1) is 25.8. The Morgan fingerprint density at radius 2 is 1.81 bits per heavy atom. The first-order valence-electron chi connectivity index (χ1n) is 10.4. The Kier molecular flexibility index (Phi) is 9.55. The summed E-state index contributed by atoms with van der Waals surface area (Å²) in [4.78, 5) is 13.6. The number of carbonyl (C=O) groups is 1. The molecule has 1 unspecified atom stereocenters. The molecule has 0 amide bonds. The van der Waals surface area contributed by atoms with Gasteiger partial charge in [-0.25, -0.2) is 13.1 Å². The molecule has 1 aromatic carbocycles. The number of carbonyl (C=O) groups excluding carboxylic acids is 1. The van der Waals surface area contributed by atoms with Crippen molar-refractivity contribution in [1.29, 1.82) is 0 Å². The van der Waals surface area contributed by atoms with E-state index in [-0.39, 0.29) is 22.3 Å². The molecule has 0 spiro atoms. The van der Waals surface area contributed by atoms with E-state index in [0.29, 0.717) is 24.3 Å².